The van der Waals surface area contributed by atoms with Gasteiger partial charge in [-0.3, -0.25) is 9.78 Å². The Balaban J connectivity index is 2.10. The maximum Gasteiger partial charge on any atom is 0.387 e. The van der Waals surface area contributed by atoms with Crippen molar-refractivity contribution in [1.82, 2.24) is 4.98 Å². The molecule has 0 atom stereocenters. The lowest BCUT2D eigenvalue weighted by Crippen LogP contribution is -2.09. The van der Waals surface area contributed by atoms with E-state index in [0.29, 0.717) is 17.0 Å². The number of nitrogens with one attached hydrogen (secondary N) is 1. The number of pyridine rings is 1. The zero-order valence-electron chi connectivity index (χ0n) is 12.2. The van der Waals surface area contributed by atoms with Gasteiger partial charge in [-0.2, -0.15) is 8.78 Å². The fourth-order valence-corrected chi connectivity index (χ4v) is 1.81. The number of anilines is 1. The predicted octanol–water partition coefficient (Wildman–Crippen LogP) is 3.34. The van der Waals surface area contributed by atoms with Crippen LogP contribution in [0.3, 0.4) is 0 Å². The molecule has 23 heavy (non-hydrogen) atoms. The Labute approximate surface area is 131 Å². The molecular formula is C16H14F2N2O3. The monoisotopic (exact) mass is 320 g/mol. The Morgan fingerprint density at radius 3 is 2.78 bits per heavy atom. The fourth-order valence-electron chi connectivity index (χ4n) is 1.81. The molecule has 120 valence electrons. The van der Waals surface area contributed by atoms with Crippen molar-refractivity contribution >= 4 is 17.7 Å². The van der Waals surface area contributed by atoms with E-state index in [9.17, 15) is 13.6 Å². The maximum atomic E-state index is 12.3. The van der Waals surface area contributed by atoms with E-state index in [1.165, 1.54) is 37.7 Å². The summed E-state index contributed by atoms with van der Waals surface area (Å²) < 4.78 is 34.1. The van der Waals surface area contributed by atoms with E-state index in [0.717, 1.165) is 0 Å². The van der Waals surface area contributed by atoms with Crippen LogP contribution >= 0.6 is 0 Å². The molecule has 0 aliphatic heterocycles. The number of rotatable bonds is 6. The van der Waals surface area contributed by atoms with Crippen LogP contribution in [0.1, 0.15) is 5.56 Å². The minimum absolute atomic E-state index is 0.00879. The van der Waals surface area contributed by atoms with Gasteiger partial charge in [-0.25, -0.2) is 0 Å². The Hall–Kier alpha value is -2.96. The number of amides is 1. The van der Waals surface area contributed by atoms with Crippen LogP contribution < -0.4 is 14.8 Å². The summed E-state index contributed by atoms with van der Waals surface area (Å²) in [6.07, 6.45) is 5.57. The van der Waals surface area contributed by atoms with Crippen molar-refractivity contribution in [3.05, 3.63) is 54.4 Å². The second-order valence-electron chi connectivity index (χ2n) is 4.31. The summed E-state index contributed by atoms with van der Waals surface area (Å²) in [5, 5.41) is 2.59. The molecule has 2 rings (SSSR count). The quantitative estimate of drug-likeness (QED) is 0.829. The summed E-state index contributed by atoms with van der Waals surface area (Å²) in [5.41, 5.74) is 0.767. The van der Waals surface area contributed by atoms with Crippen molar-refractivity contribution < 1.29 is 23.0 Å². The Bertz CT molecular complexity index is 705. The summed E-state index contributed by atoms with van der Waals surface area (Å²) in [5.74, 6) is -0.00292. The third-order valence-corrected chi connectivity index (χ3v) is 2.81. The molecule has 0 unspecified atom stereocenters. The first-order chi connectivity index (χ1) is 11.1. The highest BCUT2D eigenvalue weighted by molar-refractivity contribution is 6.02. The average molecular weight is 320 g/mol. The largest absolute Gasteiger partial charge is 0.494 e. The van der Waals surface area contributed by atoms with Crippen LogP contribution in [0.15, 0.2) is 48.8 Å². The molecule has 0 spiro atoms. The first-order valence-corrected chi connectivity index (χ1v) is 6.61. The highest BCUT2D eigenvalue weighted by atomic mass is 19.3. The van der Waals surface area contributed by atoms with Crippen molar-refractivity contribution in [2.24, 2.45) is 0 Å². The van der Waals surface area contributed by atoms with Crippen molar-refractivity contribution in [3.63, 3.8) is 0 Å². The second-order valence-corrected chi connectivity index (χ2v) is 4.31. The van der Waals surface area contributed by atoms with Gasteiger partial charge in [-0.1, -0.05) is 18.2 Å². The molecule has 7 heteroatoms. The van der Waals surface area contributed by atoms with Gasteiger partial charge in [0.1, 0.15) is 17.2 Å². The highest BCUT2D eigenvalue weighted by Crippen LogP contribution is 2.23. The number of carbonyl (C=O) groups excluding carboxylic acids is 1. The Morgan fingerprint density at radius 2 is 2.04 bits per heavy atom. The number of aromatic nitrogens is 1. The van der Waals surface area contributed by atoms with E-state index in [-0.39, 0.29) is 5.75 Å². The molecule has 1 aromatic heterocycles. The molecule has 1 amide bonds. The topological polar surface area (TPSA) is 60.5 Å². The molecule has 2 aromatic rings. The summed E-state index contributed by atoms with van der Waals surface area (Å²) >= 11 is 0. The van der Waals surface area contributed by atoms with Crippen LogP contribution in [0, 0.1) is 0 Å². The van der Waals surface area contributed by atoms with E-state index >= 15 is 0 Å². The lowest BCUT2D eigenvalue weighted by molar-refractivity contribution is -0.111. The van der Waals surface area contributed by atoms with Gasteiger partial charge in [-0.05, 0) is 12.1 Å². The van der Waals surface area contributed by atoms with Gasteiger partial charge in [0.05, 0.1) is 13.3 Å². The average Bonchev–Trinajstić information content (AvgIpc) is 2.54. The number of hydrogen-bond acceptors (Lipinski definition) is 4. The molecule has 5 nitrogen and oxygen atoms in total. The van der Waals surface area contributed by atoms with Crippen LogP contribution in [0.4, 0.5) is 14.5 Å². The maximum absolute atomic E-state index is 12.3. The second kappa shape index (κ2) is 7.88. The number of hydrogen-bond donors (Lipinski definition) is 1. The van der Waals surface area contributed by atoms with E-state index in [1.807, 2.05) is 0 Å². The summed E-state index contributed by atoms with van der Waals surface area (Å²) in [6.45, 7) is -2.93. The predicted molar refractivity (Wildman–Crippen MR) is 81.5 cm³/mol. The molecule has 1 heterocycles. The van der Waals surface area contributed by atoms with Crippen LogP contribution in [0.5, 0.6) is 11.5 Å². The van der Waals surface area contributed by atoms with Crippen LogP contribution in [0.2, 0.25) is 0 Å². The number of carbonyl (C=O) groups is 1. The minimum atomic E-state index is -2.93. The molecule has 0 saturated carbocycles. The molecular weight excluding hydrogens is 306 g/mol. The SMILES string of the molecule is COc1ccncc1NC(=O)/C=C\c1ccccc1OC(F)F. The molecule has 1 aromatic carbocycles. The van der Waals surface area contributed by atoms with Crippen molar-refractivity contribution in [1.29, 1.82) is 0 Å². The standard InChI is InChI=1S/C16H14F2N2O3/c1-22-14-8-9-19-10-12(14)20-15(21)7-6-11-4-2-3-5-13(11)23-16(17)18/h2-10,16H,1H3,(H,20,21)/b7-6-. The van der Waals surface area contributed by atoms with Crippen molar-refractivity contribution in [2.45, 2.75) is 6.61 Å². The Kier molecular flexibility index (Phi) is 5.62. The summed E-state index contributed by atoms with van der Waals surface area (Å²) in [7, 11) is 1.47. The number of benzene rings is 1. The van der Waals surface area contributed by atoms with Crippen LogP contribution in [0.25, 0.3) is 6.08 Å². The van der Waals surface area contributed by atoms with E-state index in [4.69, 9.17) is 4.74 Å². The van der Waals surface area contributed by atoms with Crippen molar-refractivity contribution in [3.8, 4) is 11.5 Å². The third-order valence-electron chi connectivity index (χ3n) is 2.81. The van der Waals surface area contributed by atoms with Gasteiger partial charge in [0, 0.05) is 23.9 Å². The van der Waals surface area contributed by atoms with Crippen LogP contribution in [-0.2, 0) is 4.79 Å². The van der Waals surface area contributed by atoms with Gasteiger partial charge < -0.3 is 14.8 Å². The van der Waals surface area contributed by atoms with Crippen molar-refractivity contribution in [2.75, 3.05) is 12.4 Å². The van der Waals surface area contributed by atoms with E-state index < -0.39 is 12.5 Å². The zero-order chi connectivity index (χ0) is 16.7. The first-order valence-electron chi connectivity index (χ1n) is 6.61. The molecule has 0 saturated heterocycles. The summed E-state index contributed by atoms with van der Waals surface area (Å²) in [6, 6.07) is 7.78. The number of para-hydroxylation sites is 1. The van der Waals surface area contributed by atoms with Gasteiger partial charge >= 0.3 is 6.61 Å². The minimum Gasteiger partial charge on any atom is -0.494 e. The zero-order valence-corrected chi connectivity index (χ0v) is 12.2. The van der Waals surface area contributed by atoms with E-state index in [1.54, 1.807) is 24.3 Å². The first kappa shape index (κ1) is 16.4. The van der Waals surface area contributed by atoms with Gasteiger partial charge in [-0.15, -0.1) is 0 Å². The molecule has 0 aliphatic rings. The molecule has 1 N–H and O–H groups in total. The van der Waals surface area contributed by atoms with E-state index in [2.05, 4.69) is 15.0 Å². The van der Waals surface area contributed by atoms with Gasteiger partial charge in [0.2, 0.25) is 5.91 Å². The third kappa shape index (κ3) is 4.77. The molecule has 0 radical (unpaired) electrons. The normalized spacial score (nSPS) is 10.8. The number of methoxy groups -OCH3 is 1. The number of nitrogens with zero attached hydrogens (tertiary/aromatic N) is 1. The van der Waals surface area contributed by atoms with Gasteiger partial charge in [0.15, 0.2) is 0 Å². The number of halogens is 2. The van der Waals surface area contributed by atoms with Gasteiger partial charge in [0.25, 0.3) is 0 Å². The highest BCUT2D eigenvalue weighted by Gasteiger charge is 2.08. The summed E-state index contributed by atoms with van der Waals surface area (Å²) in [4.78, 5) is 15.8. The fraction of sp³-hybridized carbons (Fsp3) is 0.125. The lowest BCUT2D eigenvalue weighted by Gasteiger charge is -2.08. The lowest BCUT2D eigenvalue weighted by atomic mass is 10.2. The van der Waals surface area contributed by atoms with Crippen LogP contribution in [-0.4, -0.2) is 24.6 Å². The molecule has 0 fully saturated rings. The molecule has 0 aliphatic carbocycles. The number of alkyl halides is 2. The molecule has 0 bridgehead atoms. The number of ether oxygens (including phenoxy) is 2. The Morgan fingerprint density at radius 1 is 1.26 bits per heavy atom. The smallest absolute Gasteiger partial charge is 0.387 e.